The lowest BCUT2D eigenvalue weighted by Gasteiger charge is -2.33. The highest BCUT2D eigenvalue weighted by Gasteiger charge is 2.25. The van der Waals surface area contributed by atoms with Gasteiger partial charge in [0.05, 0.1) is 24.8 Å². The molecule has 1 heterocycles. The fraction of sp³-hybridized carbons (Fsp3) is 0.409. The monoisotopic (exact) mass is 402 g/mol. The van der Waals surface area contributed by atoms with Gasteiger partial charge in [0, 0.05) is 19.1 Å². The summed E-state index contributed by atoms with van der Waals surface area (Å²) in [4.78, 5) is 14.4. The molecule has 0 unspecified atom stereocenters. The Kier molecular flexibility index (Phi) is 7.18. The maximum Gasteiger partial charge on any atom is 0.234 e. The lowest BCUT2D eigenvalue weighted by Crippen LogP contribution is -2.54. The first-order valence-electron chi connectivity index (χ1n) is 9.72. The van der Waals surface area contributed by atoms with Gasteiger partial charge in [-0.2, -0.15) is 0 Å². The van der Waals surface area contributed by atoms with Crippen LogP contribution in [0.3, 0.4) is 0 Å². The van der Waals surface area contributed by atoms with Gasteiger partial charge in [-0.05, 0) is 43.5 Å². The number of nitrogens with zero attached hydrogens (tertiary/aromatic N) is 1. The van der Waals surface area contributed by atoms with Gasteiger partial charge in [-0.3, -0.25) is 9.69 Å². The van der Waals surface area contributed by atoms with Gasteiger partial charge >= 0.3 is 0 Å². The van der Waals surface area contributed by atoms with E-state index in [0.717, 1.165) is 18.5 Å². The zero-order chi connectivity index (χ0) is 19.9. The summed E-state index contributed by atoms with van der Waals surface area (Å²) in [7, 11) is 0. The van der Waals surface area contributed by atoms with Crippen LogP contribution in [0, 0.1) is 0 Å². The summed E-state index contributed by atoms with van der Waals surface area (Å²) in [6, 6.07) is 14.2. The lowest BCUT2D eigenvalue weighted by molar-refractivity contribution is -0.125. The van der Waals surface area contributed by atoms with Gasteiger partial charge in [0.2, 0.25) is 5.91 Å². The van der Waals surface area contributed by atoms with E-state index in [0.29, 0.717) is 42.8 Å². The van der Waals surface area contributed by atoms with Gasteiger partial charge in [0.1, 0.15) is 0 Å². The number of amides is 1. The summed E-state index contributed by atoms with van der Waals surface area (Å²) in [5.74, 6) is 1.27. The first-order chi connectivity index (χ1) is 13.6. The molecule has 0 saturated carbocycles. The molecule has 3 rings (SSSR count). The maximum atomic E-state index is 12.2. The number of hydrogen-bond donors (Lipinski definition) is 1. The SMILES string of the molecule is CCOc1cc(CN2CC(=O)N[C@@H](Cc3ccccc3)C2)cc(Cl)c1OCC. The fourth-order valence-electron chi connectivity index (χ4n) is 3.55. The van der Waals surface area contributed by atoms with Crippen LogP contribution in [0.5, 0.6) is 11.5 Å². The van der Waals surface area contributed by atoms with Gasteiger partial charge in [-0.15, -0.1) is 0 Å². The van der Waals surface area contributed by atoms with Gasteiger partial charge in [0.25, 0.3) is 0 Å². The van der Waals surface area contributed by atoms with Crippen LogP contribution in [0.15, 0.2) is 42.5 Å². The Morgan fingerprint density at radius 3 is 2.57 bits per heavy atom. The Morgan fingerprint density at radius 1 is 1.11 bits per heavy atom. The van der Waals surface area contributed by atoms with Crippen molar-refractivity contribution < 1.29 is 14.3 Å². The quantitative estimate of drug-likeness (QED) is 0.731. The molecule has 1 amide bonds. The number of piperazine rings is 1. The van der Waals surface area contributed by atoms with E-state index < -0.39 is 0 Å². The number of nitrogens with one attached hydrogen (secondary N) is 1. The molecule has 2 aromatic carbocycles. The third kappa shape index (κ3) is 5.40. The van der Waals surface area contributed by atoms with E-state index in [9.17, 15) is 4.79 Å². The Bertz CT molecular complexity index is 798. The molecule has 6 heteroatoms. The molecule has 1 saturated heterocycles. The van der Waals surface area contributed by atoms with E-state index in [4.69, 9.17) is 21.1 Å². The van der Waals surface area contributed by atoms with E-state index in [1.54, 1.807) is 0 Å². The van der Waals surface area contributed by atoms with Crippen molar-refractivity contribution >= 4 is 17.5 Å². The summed E-state index contributed by atoms with van der Waals surface area (Å²) >= 11 is 6.43. The van der Waals surface area contributed by atoms with E-state index in [-0.39, 0.29) is 11.9 Å². The molecule has 1 aliphatic heterocycles. The topological polar surface area (TPSA) is 50.8 Å². The molecular formula is C22H27ClN2O3. The summed E-state index contributed by atoms with van der Waals surface area (Å²) in [6.45, 7) is 6.69. The highest BCUT2D eigenvalue weighted by molar-refractivity contribution is 6.32. The number of halogens is 1. The maximum absolute atomic E-state index is 12.2. The highest BCUT2D eigenvalue weighted by Crippen LogP contribution is 2.37. The molecule has 1 aliphatic rings. The second kappa shape index (κ2) is 9.80. The number of hydrogen-bond acceptors (Lipinski definition) is 4. The predicted octanol–water partition coefficient (Wildman–Crippen LogP) is 3.68. The summed E-state index contributed by atoms with van der Waals surface area (Å²) in [5, 5.41) is 3.63. The van der Waals surface area contributed by atoms with Crippen molar-refractivity contribution in [3.63, 3.8) is 0 Å². The summed E-state index contributed by atoms with van der Waals surface area (Å²) < 4.78 is 11.3. The van der Waals surface area contributed by atoms with Gasteiger partial charge in [-0.1, -0.05) is 41.9 Å². The van der Waals surface area contributed by atoms with E-state index in [1.807, 2.05) is 44.2 Å². The minimum Gasteiger partial charge on any atom is -0.490 e. The Balaban J connectivity index is 1.72. The minimum absolute atomic E-state index is 0.0502. The summed E-state index contributed by atoms with van der Waals surface area (Å²) in [6.07, 6.45) is 0.817. The normalized spacial score (nSPS) is 17.2. The van der Waals surface area contributed by atoms with Crippen molar-refractivity contribution in [2.75, 3.05) is 26.3 Å². The second-order valence-corrected chi connectivity index (χ2v) is 7.30. The minimum atomic E-state index is 0.0502. The van der Waals surface area contributed by atoms with Crippen LogP contribution in [0.1, 0.15) is 25.0 Å². The molecule has 5 nitrogen and oxygen atoms in total. The zero-order valence-corrected chi connectivity index (χ0v) is 17.2. The summed E-state index contributed by atoms with van der Waals surface area (Å²) in [5.41, 5.74) is 2.22. The van der Waals surface area contributed by atoms with Crippen LogP contribution in [0.25, 0.3) is 0 Å². The molecule has 28 heavy (non-hydrogen) atoms. The van der Waals surface area contributed by atoms with E-state index in [2.05, 4.69) is 22.3 Å². The first-order valence-corrected chi connectivity index (χ1v) is 10.1. The number of carbonyl (C=O) groups excluding carboxylic acids is 1. The van der Waals surface area contributed by atoms with Crippen molar-refractivity contribution in [2.45, 2.75) is 32.9 Å². The Hall–Kier alpha value is -2.24. The molecule has 0 bridgehead atoms. The molecule has 1 fully saturated rings. The van der Waals surface area contributed by atoms with Crippen LogP contribution in [0.2, 0.25) is 5.02 Å². The van der Waals surface area contributed by atoms with E-state index >= 15 is 0 Å². The standard InChI is InChI=1S/C22H27ClN2O3/c1-3-27-20-12-17(11-19(23)22(20)28-4-2)13-25-14-18(24-21(26)15-25)10-16-8-6-5-7-9-16/h5-9,11-12,18H,3-4,10,13-15H2,1-2H3,(H,24,26)/t18-/m0/s1. The number of ether oxygens (including phenoxy) is 2. The largest absolute Gasteiger partial charge is 0.490 e. The van der Waals surface area contributed by atoms with Crippen molar-refractivity contribution in [3.8, 4) is 11.5 Å². The van der Waals surface area contributed by atoms with Gasteiger partial charge < -0.3 is 14.8 Å². The third-order valence-corrected chi connectivity index (χ3v) is 4.88. The fourth-order valence-corrected chi connectivity index (χ4v) is 3.84. The van der Waals surface area contributed by atoms with Crippen LogP contribution >= 0.6 is 11.6 Å². The smallest absolute Gasteiger partial charge is 0.234 e. The van der Waals surface area contributed by atoms with Gasteiger partial charge in [0.15, 0.2) is 11.5 Å². The average Bonchev–Trinajstić information content (AvgIpc) is 2.65. The highest BCUT2D eigenvalue weighted by atomic mass is 35.5. The third-order valence-electron chi connectivity index (χ3n) is 4.60. The lowest BCUT2D eigenvalue weighted by atomic mass is 10.0. The molecule has 0 radical (unpaired) electrons. The number of carbonyl (C=O) groups is 1. The molecular weight excluding hydrogens is 376 g/mol. The number of rotatable bonds is 8. The Labute approximate surface area is 171 Å². The average molecular weight is 403 g/mol. The van der Waals surface area contributed by atoms with Gasteiger partial charge in [-0.25, -0.2) is 0 Å². The van der Waals surface area contributed by atoms with Crippen molar-refractivity contribution in [2.24, 2.45) is 0 Å². The number of benzene rings is 2. The van der Waals surface area contributed by atoms with Crippen molar-refractivity contribution in [1.82, 2.24) is 10.2 Å². The molecule has 1 atom stereocenters. The zero-order valence-electron chi connectivity index (χ0n) is 16.4. The predicted molar refractivity (Wildman–Crippen MR) is 111 cm³/mol. The van der Waals surface area contributed by atoms with Crippen LogP contribution in [-0.2, 0) is 17.8 Å². The second-order valence-electron chi connectivity index (χ2n) is 6.89. The molecule has 0 aliphatic carbocycles. The molecule has 150 valence electrons. The molecule has 0 aromatic heterocycles. The molecule has 2 aromatic rings. The molecule has 1 N–H and O–H groups in total. The van der Waals surface area contributed by atoms with Crippen molar-refractivity contribution in [1.29, 1.82) is 0 Å². The van der Waals surface area contributed by atoms with Crippen LogP contribution < -0.4 is 14.8 Å². The molecule has 0 spiro atoms. The van der Waals surface area contributed by atoms with Crippen molar-refractivity contribution in [3.05, 3.63) is 58.6 Å². The Morgan fingerprint density at radius 2 is 1.86 bits per heavy atom. The van der Waals surface area contributed by atoms with E-state index in [1.165, 1.54) is 5.56 Å². The van der Waals surface area contributed by atoms with Crippen LogP contribution in [-0.4, -0.2) is 43.2 Å². The van der Waals surface area contributed by atoms with Crippen LogP contribution in [0.4, 0.5) is 0 Å². The first kappa shape index (κ1) is 20.5.